The number of ether oxygens (including phenoxy) is 1. The van der Waals surface area contributed by atoms with Crippen LogP contribution in [-0.4, -0.2) is 12.6 Å². The molecular formula is C18H22FNO. The van der Waals surface area contributed by atoms with Crippen molar-refractivity contribution in [3.8, 4) is 16.9 Å². The minimum absolute atomic E-state index is 0.169. The van der Waals surface area contributed by atoms with Crippen molar-refractivity contribution < 1.29 is 9.13 Å². The van der Waals surface area contributed by atoms with E-state index in [0.29, 0.717) is 24.8 Å². The van der Waals surface area contributed by atoms with Crippen molar-refractivity contribution in [1.29, 1.82) is 0 Å². The van der Waals surface area contributed by atoms with Crippen LogP contribution >= 0.6 is 0 Å². The van der Waals surface area contributed by atoms with E-state index in [1.54, 1.807) is 0 Å². The lowest BCUT2D eigenvalue weighted by Crippen LogP contribution is -2.22. The molecule has 0 atom stereocenters. The summed E-state index contributed by atoms with van der Waals surface area (Å²) in [4.78, 5) is 0. The van der Waals surface area contributed by atoms with Gasteiger partial charge < -0.3 is 10.1 Å². The van der Waals surface area contributed by atoms with Crippen molar-refractivity contribution in [2.75, 3.05) is 6.61 Å². The second-order valence-corrected chi connectivity index (χ2v) is 5.30. The first kappa shape index (κ1) is 15.5. The average molecular weight is 287 g/mol. The van der Waals surface area contributed by atoms with E-state index < -0.39 is 0 Å². The molecule has 0 fully saturated rings. The maximum atomic E-state index is 13.8. The smallest absolute Gasteiger partial charge is 0.127 e. The zero-order valence-corrected chi connectivity index (χ0v) is 12.8. The zero-order valence-electron chi connectivity index (χ0n) is 12.8. The van der Waals surface area contributed by atoms with Crippen LogP contribution < -0.4 is 10.1 Å². The standard InChI is InChI=1S/C18H22FNO/c1-4-21-17-8-5-14(6-9-17)15-7-10-18(19)16(11-15)12-20-13(2)3/h5-11,13,20H,4,12H2,1-3H3. The minimum atomic E-state index is -0.169. The lowest BCUT2D eigenvalue weighted by molar-refractivity contribution is 0.340. The Balaban J connectivity index is 2.21. The highest BCUT2D eigenvalue weighted by molar-refractivity contribution is 5.65. The maximum Gasteiger partial charge on any atom is 0.127 e. The highest BCUT2D eigenvalue weighted by Gasteiger charge is 2.06. The van der Waals surface area contributed by atoms with Gasteiger partial charge in [0.25, 0.3) is 0 Å². The molecule has 0 aliphatic rings. The summed E-state index contributed by atoms with van der Waals surface area (Å²) < 4.78 is 19.3. The van der Waals surface area contributed by atoms with Gasteiger partial charge in [0, 0.05) is 18.2 Å². The predicted molar refractivity (Wildman–Crippen MR) is 85.0 cm³/mol. The van der Waals surface area contributed by atoms with Gasteiger partial charge in [-0.05, 0) is 42.3 Å². The van der Waals surface area contributed by atoms with E-state index >= 15 is 0 Å². The largest absolute Gasteiger partial charge is 0.494 e. The Morgan fingerprint density at radius 1 is 1.05 bits per heavy atom. The van der Waals surface area contributed by atoms with Gasteiger partial charge in [0.1, 0.15) is 11.6 Å². The van der Waals surface area contributed by atoms with Gasteiger partial charge in [-0.1, -0.05) is 32.0 Å². The molecule has 0 aliphatic heterocycles. The minimum Gasteiger partial charge on any atom is -0.494 e. The molecule has 1 N–H and O–H groups in total. The Labute approximate surface area is 126 Å². The van der Waals surface area contributed by atoms with E-state index in [9.17, 15) is 4.39 Å². The van der Waals surface area contributed by atoms with Gasteiger partial charge in [0.2, 0.25) is 0 Å². The molecule has 2 aromatic carbocycles. The SMILES string of the molecule is CCOc1ccc(-c2ccc(F)c(CNC(C)C)c2)cc1. The molecule has 0 heterocycles. The number of hydrogen-bond acceptors (Lipinski definition) is 2. The van der Waals surface area contributed by atoms with Crippen LogP contribution in [0.5, 0.6) is 5.75 Å². The van der Waals surface area contributed by atoms with Crippen LogP contribution in [0.1, 0.15) is 26.3 Å². The lowest BCUT2D eigenvalue weighted by Gasteiger charge is -2.11. The fourth-order valence-electron chi connectivity index (χ4n) is 2.11. The summed E-state index contributed by atoms with van der Waals surface area (Å²) in [6.45, 7) is 7.25. The second kappa shape index (κ2) is 7.23. The molecule has 2 rings (SSSR count). The summed E-state index contributed by atoms with van der Waals surface area (Å²) in [5.41, 5.74) is 2.76. The highest BCUT2D eigenvalue weighted by atomic mass is 19.1. The van der Waals surface area contributed by atoms with Crippen LogP contribution in [0.2, 0.25) is 0 Å². The molecule has 0 radical (unpaired) electrons. The third-order valence-corrected chi connectivity index (χ3v) is 3.25. The molecule has 0 spiro atoms. The number of halogens is 1. The fraction of sp³-hybridized carbons (Fsp3) is 0.333. The first-order valence-corrected chi connectivity index (χ1v) is 7.35. The van der Waals surface area contributed by atoms with E-state index in [4.69, 9.17) is 4.74 Å². The van der Waals surface area contributed by atoms with E-state index in [1.807, 2.05) is 57.2 Å². The van der Waals surface area contributed by atoms with Crippen LogP contribution in [-0.2, 0) is 6.54 Å². The molecule has 21 heavy (non-hydrogen) atoms. The number of rotatable bonds is 6. The summed E-state index contributed by atoms with van der Waals surface area (Å²) in [5.74, 6) is 0.683. The summed E-state index contributed by atoms with van der Waals surface area (Å²) >= 11 is 0. The van der Waals surface area contributed by atoms with Gasteiger partial charge in [-0.2, -0.15) is 0 Å². The second-order valence-electron chi connectivity index (χ2n) is 5.30. The van der Waals surface area contributed by atoms with Crippen molar-refractivity contribution in [2.24, 2.45) is 0 Å². The molecule has 0 aromatic heterocycles. The normalized spacial score (nSPS) is 10.9. The van der Waals surface area contributed by atoms with Crippen LogP contribution in [0.25, 0.3) is 11.1 Å². The highest BCUT2D eigenvalue weighted by Crippen LogP contribution is 2.24. The van der Waals surface area contributed by atoms with Crippen molar-refractivity contribution in [3.05, 3.63) is 53.8 Å². The number of benzene rings is 2. The van der Waals surface area contributed by atoms with E-state index in [2.05, 4.69) is 5.32 Å². The summed E-state index contributed by atoms with van der Waals surface area (Å²) in [6, 6.07) is 13.4. The van der Waals surface area contributed by atoms with Gasteiger partial charge in [0.05, 0.1) is 6.61 Å². The Morgan fingerprint density at radius 3 is 2.33 bits per heavy atom. The molecule has 0 saturated carbocycles. The van der Waals surface area contributed by atoms with Crippen molar-refractivity contribution in [1.82, 2.24) is 5.32 Å². The van der Waals surface area contributed by atoms with Crippen LogP contribution in [0.15, 0.2) is 42.5 Å². The van der Waals surface area contributed by atoms with E-state index in [-0.39, 0.29) is 5.82 Å². The third-order valence-electron chi connectivity index (χ3n) is 3.25. The third kappa shape index (κ3) is 4.30. The van der Waals surface area contributed by atoms with Crippen molar-refractivity contribution in [3.63, 3.8) is 0 Å². The molecule has 0 amide bonds. The van der Waals surface area contributed by atoms with Crippen LogP contribution in [0.4, 0.5) is 4.39 Å². The topological polar surface area (TPSA) is 21.3 Å². The molecule has 0 unspecified atom stereocenters. The first-order chi connectivity index (χ1) is 10.1. The lowest BCUT2D eigenvalue weighted by atomic mass is 10.0. The van der Waals surface area contributed by atoms with Gasteiger partial charge in [-0.3, -0.25) is 0 Å². The Bertz CT molecular complexity index is 578. The Hall–Kier alpha value is -1.87. The zero-order chi connectivity index (χ0) is 15.2. The molecule has 0 saturated heterocycles. The fourth-order valence-corrected chi connectivity index (χ4v) is 2.11. The molecule has 0 aliphatic carbocycles. The molecular weight excluding hydrogens is 265 g/mol. The van der Waals surface area contributed by atoms with Crippen LogP contribution in [0.3, 0.4) is 0 Å². The molecule has 3 heteroatoms. The maximum absolute atomic E-state index is 13.8. The number of nitrogens with one attached hydrogen (secondary N) is 1. The quantitative estimate of drug-likeness (QED) is 0.850. The van der Waals surface area contributed by atoms with Gasteiger partial charge >= 0.3 is 0 Å². The first-order valence-electron chi connectivity index (χ1n) is 7.35. The van der Waals surface area contributed by atoms with Gasteiger partial charge in [0.15, 0.2) is 0 Å². The summed E-state index contributed by atoms with van der Waals surface area (Å²) in [5, 5.41) is 3.25. The van der Waals surface area contributed by atoms with E-state index in [0.717, 1.165) is 16.9 Å². The van der Waals surface area contributed by atoms with Crippen molar-refractivity contribution in [2.45, 2.75) is 33.4 Å². The summed E-state index contributed by atoms with van der Waals surface area (Å²) in [6.07, 6.45) is 0. The monoisotopic (exact) mass is 287 g/mol. The predicted octanol–water partition coefficient (Wildman–Crippen LogP) is 4.39. The molecule has 0 bridgehead atoms. The molecule has 2 nitrogen and oxygen atoms in total. The number of hydrogen-bond donors (Lipinski definition) is 1. The van der Waals surface area contributed by atoms with E-state index in [1.165, 1.54) is 6.07 Å². The van der Waals surface area contributed by atoms with Crippen molar-refractivity contribution >= 4 is 0 Å². The molecule has 112 valence electrons. The summed E-state index contributed by atoms with van der Waals surface area (Å²) in [7, 11) is 0. The Kier molecular flexibility index (Phi) is 5.34. The van der Waals surface area contributed by atoms with Crippen LogP contribution in [0, 0.1) is 5.82 Å². The van der Waals surface area contributed by atoms with Gasteiger partial charge in [-0.15, -0.1) is 0 Å². The molecule has 2 aromatic rings. The Morgan fingerprint density at radius 2 is 1.71 bits per heavy atom. The van der Waals surface area contributed by atoms with Gasteiger partial charge in [-0.25, -0.2) is 4.39 Å². The average Bonchev–Trinajstić information content (AvgIpc) is 2.47.